The molecule has 170 valence electrons. The van der Waals surface area contributed by atoms with Gasteiger partial charge in [-0.2, -0.15) is 0 Å². The van der Waals surface area contributed by atoms with E-state index in [1.165, 1.54) is 19.5 Å². The minimum Gasteiger partial charge on any atom is -0.496 e. The molecule has 2 heterocycles. The number of fused-ring (bicyclic) bond motifs is 1. The molecule has 0 fully saturated rings. The number of ether oxygens (including phenoxy) is 1. The van der Waals surface area contributed by atoms with E-state index in [2.05, 4.69) is 15.3 Å². The minimum atomic E-state index is -1.04. The van der Waals surface area contributed by atoms with Crippen molar-refractivity contribution in [2.75, 3.05) is 19.0 Å². The average Bonchev–Trinajstić information content (AvgIpc) is 3.13. The van der Waals surface area contributed by atoms with Crippen LogP contribution in [0.5, 0.6) is 5.75 Å². The highest BCUT2D eigenvalue weighted by Gasteiger charge is 2.17. The summed E-state index contributed by atoms with van der Waals surface area (Å²) in [7, 11) is 1.44. The molecule has 6 nitrogen and oxygen atoms in total. The van der Waals surface area contributed by atoms with Crippen LogP contribution in [-0.4, -0.2) is 34.7 Å². The van der Waals surface area contributed by atoms with Crippen LogP contribution in [0.15, 0.2) is 36.7 Å². The number of anilines is 1. The fraction of sp³-hybridized carbons (Fsp3) is 0.240. The van der Waals surface area contributed by atoms with Gasteiger partial charge in [0.2, 0.25) is 0 Å². The zero-order valence-electron chi connectivity index (χ0n) is 18.8. The van der Waals surface area contributed by atoms with Gasteiger partial charge in [-0.15, -0.1) is 11.3 Å². The number of methoxy groups -OCH3 is 1. The molecule has 2 aromatic carbocycles. The summed E-state index contributed by atoms with van der Waals surface area (Å²) in [5, 5.41) is 13.4. The van der Waals surface area contributed by atoms with Crippen molar-refractivity contribution in [3.8, 4) is 17.0 Å². The monoisotopic (exact) mass is 465 g/mol. The molecule has 0 saturated heterocycles. The fourth-order valence-corrected chi connectivity index (χ4v) is 5.22. The van der Waals surface area contributed by atoms with E-state index in [9.17, 15) is 14.3 Å². The van der Waals surface area contributed by atoms with Gasteiger partial charge in [-0.3, -0.25) is 0 Å². The van der Waals surface area contributed by atoms with Gasteiger partial charge in [-0.05, 0) is 62.1 Å². The van der Waals surface area contributed by atoms with Gasteiger partial charge in [0.1, 0.15) is 29.3 Å². The van der Waals surface area contributed by atoms with Crippen LogP contribution in [0.1, 0.15) is 31.9 Å². The maximum Gasteiger partial charge on any atom is 0.339 e. The van der Waals surface area contributed by atoms with Gasteiger partial charge >= 0.3 is 5.97 Å². The van der Waals surface area contributed by atoms with E-state index in [4.69, 9.17) is 4.74 Å². The van der Waals surface area contributed by atoms with Crippen LogP contribution >= 0.6 is 11.3 Å². The highest BCUT2D eigenvalue weighted by molar-refractivity contribution is 7.19. The molecule has 0 saturated carbocycles. The lowest BCUT2D eigenvalue weighted by Crippen LogP contribution is -2.07. The Morgan fingerprint density at radius 2 is 1.94 bits per heavy atom. The van der Waals surface area contributed by atoms with E-state index >= 15 is 0 Å². The number of carboxylic acids is 1. The molecule has 33 heavy (non-hydrogen) atoms. The number of thiophene rings is 1. The Labute approximate surface area is 195 Å². The van der Waals surface area contributed by atoms with Gasteiger partial charge in [0.05, 0.1) is 12.8 Å². The SMILES string of the molecule is COc1cc(-c2cc(NCCc3c(C)sc4c(C)ccc(F)c34)ncn2)cc(C)c1C(=O)O. The second-order valence-corrected chi connectivity index (χ2v) is 9.07. The van der Waals surface area contributed by atoms with Crippen LogP contribution in [0.4, 0.5) is 10.2 Å². The van der Waals surface area contributed by atoms with Crippen molar-refractivity contribution in [3.63, 3.8) is 0 Å². The molecule has 0 aliphatic heterocycles. The van der Waals surface area contributed by atoms with E-state index < -0.39 is 5.97 Å². The van der Waals surface area contributed by atoms with Crippen LogP contribution in [0, 0.1) is 26.6 Å². The molecule has 0 amide bonds. The Morgan fingerprint density at radius 1 is 1.15 bits per heavy atom. The lowest BCUT2D eigenvalue weighted by Gasteiger charge is -2.12. The number of nitrogens with zero attached hydrogens (tertiary/aromatic N) is 2. The van der Waals surface area contributed by atoms with Crippen molar-refractivity contribution in [1.29, 1.82) is 0 Å². The van der Waals surface area contributed by atoms with E-state index in [0.29, 0.717) is 35.4 Å². The molecular weight excluding hydrogens is 441 g/mol. The Balaban J connectivity index is 1.55. The molecular formula is C25H24FN3O3S. The first kappa shape index (κ1) is 22.7. The zero-order chi connectivity index (χ0) is 23.7. The van der Waals surface area contributed by atoms with E-state index in [0.717, 1.165) is 26.3 Å². The summed E-state index contributed by atoms with van der Waals surface area (Å²) in [5.74, 6) is -0.312. The van der Waals surface area contributed by atoms with Crippen LogP contribution < -0.4 is 10.1 Å². The number of carboxylic acid groups (broad SMARTS) is 1. The first-order chi connectivity index (χ1) is 15.8. The lowest BCUT2D eigenvalue weighted by atomic mass is 10.0. The normalized spacial score (nSPS) is 11.1. The molecule has 0 radical (unpaired) electrons. The number of aryl methyl sites for hydroxylation is 3. The quantitative estimate of drug-likeness (QED) is 0.360. The summed E-state index contributed by atoms with van der Waals surface area (Å²) in [6.07, 6.45) is 2.12. The number of hydrogen-bond donors (Lipinski definition) is 2. The number of nitrogens with one attached hydrogen (secondary N) is 1. The fourth-order valence-electron chi connectivity index (χ4n) is 4.03. The van der Waals surface area contributed by atoms with E-state index in [-0.39, 0.29) is 17.1 Å². The number of halogens is 1. The molecule has 0 aliphatic rings. The van der Waals surface area contributed by atoms with Gasteiger partial charge in [0, 0.05) is 33.1 Å². The molecule has 0 aliphatic carbocycles. The van der Waals surface area contributed by atoms with Crippen LogP contribution in [-0.2, 0) is 6.42 Å². The maximum atomic E-state index is 14.5. The van der Waals surface area contributed by atoms with Crippen LogP contribution in [0.25, 0.3) is 21.3 Å². The molecule has 4 aromatic rings. The number of benzene rings is 2. The predicted molar refractivity (Wildman–Crippen MR) is 129 cm³/mol. The topological polar surface area (TPSA) is 84.3 Å². The Morgan fingerprint density at radius 3 is 2.67 bits per heavy atom. The van der Waals surface area contributed by atoms with Gasteiger partial charge in [-0.25, -0.2) is 19.2 Å². The number of carbonyl (C=O) groups is 1. The third-order valence-corrected chi connectivity index (χ3v) is 6.95. The third kappa shape index (κ3) is 4.39. The number of hydrogen-bond acceptors (Lipinski definition) is 6. The summed E-state index contributed by atoms with van der Waals surface area (Å²) < 4.78 is 20.8. The Bertz CT molecular complexity index is 1370. The summed E-state index contributed by atoms with van der Waals surface area (Å²) in [5.41, 5.74) is 4.19. The van der Waals surface area contributed by atoms with Gasteiger partial charge in [-0.1, -0.05) is 6.07 Å². The molecule has 0 atom stereocenters. The third-order valence-electron chi connectivity index (χ3n) is 5.66. The largest absolute Gasteiger partial charge is 0.496 e. The standard InChI is InChI=1S/C25H24FN3O3S/c1-13-5-6-18(26)23-17(15(3)33-24(13)23)7-8-27-21-11-19(28-12-29-21)16-9-14(2)22(25(30)31)20(10-16)32-4/h5-6,9-12H,7-8H2,1-4H3,(H,30,31)(H,27,28,29). The molecule has 2 N–H and O–H groups in total. The molecule has 0 bridgehead atoms. The number of rotatable bonds is 7. The first-order valence-corrected chi connectivity index (χ1v) is 11.3. The molecule has 0 unspecified atom stereocenters. The van der Waals surface area contributed by atoms with Crippen molar-refractivity contribution < 1.29 is 19.0 Å². The van der Waals surface area contributed by atoms with Crippen molar-refractivity contribution in [1.82, 2.24) is 9.97 Å². The summed E-state index contributed by atoms with van der Waals surface area (Å²) in [6.45, 7) is 6.33. The minimum absolute atomic E-state index is 0.134. The number of aromatic nitrogens is 2. The van der Waals surface area contributed by atoms with Gasteiger partial charge < -0.3 is 15.2 Å². The highest BCUT2D eigenvalue weighted by atomic mass is 32.1. The zero-order valence-corrected chi connectivity index (χ0v) is 19.6. The summed E-state index contributed by atoms with van der Waals surface area (Å²) >= 11 is 1.63. The molecule has 0 spiro atoms. The van der Waals surface area contributed by atoms with Gasteiger partial charge in [0.15, 0.2) is 0 Å². The molecule has 8 heteroatoms. The van der Waals surface area contributed by atoms with Crippen molar-refractivity contribution >= 4 is 33.2 Å². The number of aromatic carboxylic acids is 1. The summed E-state index contributed by atoms with van der Waals surface area (Å²) in [6, 6.07) is 8.58. The summed E-state index contributed by atoms with van der Waals surface area (Å²) in [4.78, 5) is 21.3. The van der Waals surface area contributed by atoms with Crippen molar-refractivity contribution in [2.24, 2.45) is 0 Å². The molecule has 2 aromatic heterocycles. The predicted octanol–water partition coefficient (Wildman–Crippen LogP) is 5.78. The van der Waals surface area contributed by atoms with Crippen molar-refractivity contribution in [2.45, 2.75) is 27.2 Å². The lowest BCUT2D eigenvalue weighted by molar-refractivity contribution is 0.0692. The first-order valence-electron chi connectivity index (χ1n) is 10.5. The average molecular weight is 466 g/mol. The maximum absolute atomic E-state index is 14.5. The second kappa shape index (κ2) is 9.15. The molecule has 4 rings (SSSR count). The van der Waals surface area contributed by atoms with Crippen LogP contribution in [0.3, 0.4) is 0 Å². The smallest absolute Gasteiger partial charge is 0.339 e. The highest BCUT2D eigenvalue weighted by Crippen LogP contribution is 2.35. The van der Waals surface area contributed by atoms with Crippen LogP contribution in [0.2, 0.25) is 0 Å². The second-order valence-electron chi connectivity index (χ2n) is 7.85. The van der Waals surface area contributed by atoms with Crippen molar-refractivity contribution in [3.05, 3.63) is 69.6 Å². The Kier molecular flexibility index (Phi) is 6.29. The van der Waals surface area contributed by atoms with Gasteiger partial charge in [0.25, 0.3) is 0 Å². The van der Waals surface area contributed by atoms with E-state index in [1.807, 2.05) is 19.9 Å². The van der Waals surface area contributed by atoms with E-state index in [1.54, 1.807) is 36.5 Å². The Hall–Kier alpha value is -3.52.